The molecule has 0 unspecified atom stereocenters. The number of ketones is 1. The smallest absolute Gasteiger partial charge is 0.172 e. The van der Waals surface area contributed by atoms with E-state index in [9.17, 15) is 4.79 Å². The van der Waals surface area contributed by atoms with Gasteiger partial charge >= 0.3 is 0 Å². The molecule has 82 valence electrons. The van der Waals surface area contributed by atoms with Crippen molar-refractivity contribution in [2.24, 2.45) is 0 Å². The minimum Gasteiger partial charge on any atom is -0.497 e. The van der Waals surface area contributed by atoms with Gasteiger partial charge in [-0.15, -0.1) is 0 Å². The Balaban J connectivity index is 2.81. The van der Waals surface area contributed by atoms with Crippen molar-refractivity contribution in [1.29, 1.82) is 0 Å². The van der Waals surface area contributed by atoms with Gasteiger partial charge in [-0.05, 0) is 36.4 Å². The summed E-state index contributed by atoms with van der Waals surface area (Å²) in [5.41, 5.74) is 1.79. The third kappa shape index (κ3) is 3.27. The standard InChI is InChI=1S/C12H16O2S/c1-4-15-8-12(13)11-6-5-10(14-3)7-9(11)2/h5-7H,4,8H2,1-3H3. The largest absolute Gasteiger partial charge is 0.497 e. The number of carbonyl (C=O) groups excluding carboxylic acids is 1. The van der Waals surface area contributed by atoms with Crippen molar-refractivity contribution in [2.45, 2.75) is 13.8 Å². The maximum Gasteiger partial charge on any atom is 0.172 e. The summed E-state index contributed by atoms with van der Waals surface area (Å²) in [6.07, 6.45) is 0. The molecular formula is C12H16O2S. The van der Waals surface area contributed by atoms with Crippen LogP contribution < -0.4 is 4.74 Å². The number of hydrogen-bond acceptors (Lipinski definition) is 3. The first-order valence-electron chi connectivity index (χ1n) is 4.94. The molecule has 2 nitrogen and oxygen atoms in total. The molecule has 3 heteroatoms. The number of aryl methyl sites for hydroxylation is 1. The molecule has 0 bridgehead atoms. The molecule has 1 aromatic rings. The monoisotopic (exact) mass is 224 g/mol. The van der Waals surface area contributed by atoms with Gasteiger partial charge in [0, 0.05) is 5.56 Å². The SMILES string of the molecule is CCSCC(=O)c1ccc(OC)cc1C. The highest BCUT2D eigenvalue weighted by Crippen LogP contribution is 2.18. The number of ether oxygens (including phenoxy) is 1. The number of thioether (sulfide) groups is 1. The van der Waals surface area contributed by atoms with Gasteiger partial charge in [-0.3, -0.25) is 4.79 Å². The van der Waals surface area contributed by atoms with Crippen LogP contribution in [-0.4, -0.2) is 24.4 Å². The van der Waals surface area contributed by atoms with Crippen molar-refractivity contribution in [3.63, 3.8) is 0 Å². The van der Waals surface area contributed by atoms with E-state index in [4.69, 9.17) is 4.74 Å². The third-order valence-electron chi connectivity index (χ3n) is 2.17. The lowest BCUT2D eigenvalue weighted by Gasteiger charge is -2.06. The molecule has 0 heterocycles. The molecule has 0 atom stereocenters. The Labute approximate surface area is 95.0 Å². The molecular weight excluding hydrogens is 208 g/mol. The zero-order chi connectivity index (χ0) is 11.3. The van der Waals surface area contributed by atoms with Crippen LogP contribution in [0.3, 0.4) is 0 Å². The zero-order valence-corrected chi connectivity index (χ0v) is 10.2. The summed E-state index contributed by atoms with van der Waals surface area (Å²) in [5, 5.41) is 0. The average molecular weight is 224 g/mol. The van der Waals surface area contributed by atoms with Gasteiger partial charge in [0.2, 0.25) is 0 Å². The summed E-state index contributed by atoms with van der Waals surface area (Å²) < 4.78 is 5.09. The molecule has 0 fully saturated rings. The molecule has 0 N–H and O–H groups in total. The quantitative estimate of drug-likeness (QED) is 0.719. The number of Topliss-reactive ketones (excluding diaryl/α,β-unsaturated/α-hetero) is 1. The van der Waals surface area contributed by atoms with Crippen molar-refractivity contribution < 1.29 is 9.53 Å². The highest BCUT2D eigenvalue weighted by atomic mass is 32.2. The van der Waals surface area contributed by atoms with E-state index in [2.05, 4.69) is 6.92 Å². The zero-order valence-electron chi connectivity index (χ0n) is 9.37. The molecule has 0 aromatic heterocycles. The second kappa shape index (κ2) is 5.81. The van der Waals surface area contributed by atoms with Gasteiger partial charge in [0.15, 0.2) is 5.78 Å². The predicted octanol–water partition coefficient (Wildman–Crippen LogP) is 2.94. The average Bonchev–Trinajstić information content (AvgIpc) is 2.25. The fraction of sp³-hybridized carbons (Fsp3) is 0.417. The van der Waals surface area contributed by atoms with E-state index < -0.39 is 0 Å². The van der Waals surface area contributed by atoms with Crippen LogP contribution in [-0.2, 0) is 0 Å². The second-order valence-electron chi connectivity index (χ2n) is 3.24. The molecule has 1 aromatic carbocycles. The summed E-state index contributed by atoms with van der Waals surface area (Å²) in [7, 11) is 1.63. The van der Waals surface area contributed by atoms with E-state index in [0.29, 0.717) is 5.75 Å². The van der Waals surface area contributed by atoms with E-state index in [0.717, 1.165) is 22.6 Å². The molecule has 0 aliphatic heterocycles. The number of carbonyl (C=O) groups is 1. The fourth-order valence-electron chi connectivity index (χ4n) is 1.35. The lowest BCUT2D eigenvalue weighted by atomic mass is 10.1. The Morgan fingerprint density at radius 1 is 1.47 bits per heavy atom. The van der Waals surface area contributed by atoms with Crippen LogP contribution in [0.4, 0.5) is 0 Å². The summed E-state index contributed by atoms with van der Waals surface area (Å²) in [4.78, 5) is 11.8. The highest BCUT2D eigenvalue weighted by molar-refractivity contribution is 7.99. The van der Waals surface area contributed by atoms with E-state index in [1.807, 2.05) is 25.1 Å². The summed E-state index contributed by atoms with van der Waals surface area (Å²) in [5.74, 6) is 2.53. The lowest BCUT2D eigenvalue weighted by molar-refractivity contribution is 0.102. The Morgan fingerprint density at radius 2 is 2.20 bits per heavy atom. The minimum absolute atomic E-state index is 0.196. The molecule has 0 amide bonds. The number of rotatable bonds is 5. The predicted molar refractivity (Wildman–Crippen MR) is 65.1 cm³/mol. The minimum atomic E-state index is 0.196. The Morgan fingerprint density at radius 3 is 2.73 bits per heavy atom. The summed E-state index contributed by atoms with van der Waals surface area (Å²) in [6.45, 7) is 3.99. The molecule has 0 saturated heterocycles. The summed E-state index contributed by atoms with van der Waals surface area (Å²) >= 11 is 1.65. The molecule has 15 heavy (non-hydrogen) atoms. The molecule has 0 aliphatic carbocycles. The highest BCUT2D eigenvalue weighted by Gasteiger charge is 2.09. The van der Waals surface area contributed by atoms with E-state index >= 15 is 0 Å². The van der Waals surface area contributed by atoms with Gasteiger partial charge in [-0.1, -0.05) is 6.92 Å². The van der Waals surface area contributed by atoms with Gasteiger partial charge in [-0.25, -0.2) is 0 Å². The van der Waals surface area contributed by atoms with Crippen molar-refractivity contribution in [3.8, 4) is 5.75 Å². The van der Waals surface area contributed by atoms with Crippen molar-refractivity contribution in [2.75, 3.05) is 18.6 Å². The van der Waals surface area contributed by atoms with Crippen LogP contribution in [0, 0.1) is 6.92 Å². The lowest BCUT2D eigenvalue weighted by Crippen LogP contribution is -2.05. The molecule has 0 aliphatic rings. The van der Waals surface area contributed by atoms with Crippen LogP contribution in [0.15, 0.2) is 18.2 Å². The fourth-order valence-corrected chi connectivity index (χ4v) is 1.89. The second-order valence-corrected chi connectivity index (χ2v) is 4.52. The van der Waals surface area contributed by atoms with E-state index in [-0.39, 0.29) is 5.78 Å². The third-order valence-corrected chi connectivity index (χ3v) is 3.05. The Bertz CT molecular complexity index is 347. The van der Waals surface area contributed by atoms with Crippen molar-refractivity contribution in [3.05, 3.63) is 29.3 Å². The van der Waals surface area contributed by atoms with Gasteiger partial charge in [-0.2, -0.15) is 11.8 Å². The maximum atomic E-state index is 11.8. The number of hydrogen-bond donors (Lipinski definition) is 0. The molecule has 0 saturated carbocycles. The molecule has 1 rings (SSSR count). The van der Waals surface area contributed by atoms with Crippen LogP contribution in [0.25, 0.3) is 0 Å². The van der Waals surface area contributed by atoms with Gasteiger partial charge < -0.3 is 4.74 Å². The topological polar surface area (TPSA) is 26.3 Å². The first-order valence-corrected chi connectivity index (χ1v) is 6.10. The Kier molecular flexibility index (Phi) is 4.69. The maximum absolute atomic E-state index is 11.8. The normalized spacial score (nSPS) is 10.1. The number of methoxy groups -OCH3 is 1. The van der Waals surface area contributed by atoms with Gasteiger partial charge in [0.05, 0.1) is 12.9 Å². The van der Waals surface area contributed by atoms with Gasteiger partial charge in [0.25, 0.3) is 0 Å². The number of benzene rings is 1. The first-order chi connectivity index (χ1) is 7.19. The van der Waals surface area contributed by atoms with E-state index in [1.54, 1.807) is 18.9 Å². The summed E-state index contributed by atoms with van der Waals surface area (Å²) in [6, 6.07) is 5.56. The van der Waals surface area contributed by atoms with Crippen LogP contribution >= 0.6 is 11.8 Å². The van der Waals surface area contributed by atoms with E-state index in [1.165, 1.54) is 0 Å². The van der Waals surface area contributed by atoms with Crippen molar-refractivity contribution >= 4 is 17.5 Å². The van der Waals surface area contributed by atoms with Crippen LogP contribution in [0.2, 0.25) is 0 Å². The van der Waals surface area contributed by atoms with Crippen LogP contribution in [0.1, 0.15) is 22.8 Å². The molecule has 0 spiro atoms. The van der Waals surface area contributed by atoms with Gasteiger partial charge in [0.1, 0.15) is 5.75 Å². The van der Waals surface area contributed by atoms with Crippen LogP contribution in [0.5, 0.6) is 5.75 Å². The molecule has 0 radical (unpaired) electrons. The first kappa shape index (κ1) is 12.1. The van der Waals surface area contributed by atoms with Crippen molar-refractivity contribution in [1.82, 2.24) is 0 Å². The Hall–Kier alpha value is -0.960.